The fourth-order valence-corrected chi connectivity index (χ4v) is 5.09. The summed E-state index contributed by atoms with van der Waals surface area (Å²) in [5.41, 5.74) is 2.04. The first-order valence-corrected chi connectivity index (χ1v) is 9.37. The number of rotatable bonds is 3. The lowest BCUT2D eigenvalue weighted by atomic mass is 9.81. The highest BCUT2D eigenvalue weighted by Crippen LogP contribution is 2.41. The summed E-state index contributed by atoms with van der Waals surface area (Å²) < 4.78 is 5.18. The second-order valence-electron chi connectivity index (χ2n) is 7.94. The molecule has 26 heavy (non-hydrogen) atoms. The molecule has 1 aromatic heterocycles. The summed E-state index contributed by atoms with van der Waals surface area (Å²) in [6.07, 6.45) is 0.806. The number of nitriles is 1. The minimum Gasteiger partial charge on any atom is -0.497 e. The van der Waals surface area contributed by atoms with Crippen LogP contribution < -0.4 is 15.4 Å². The van der Waals surface area contributed by atoms with Crippen molar-refractivity contribution in [2.45, 2.75) is 45.2 Å². The molecule has 3 N–H and O–H groups in total. The van der Waals surface area contributed by atoms with Gasteiger partial charge in [-0.05, 0) is 51.5 Å². The van der Waals surface area contributed by atoms with Crippen molar-refractivity contribution in [3.05, 3.63) is 45.8 Å². The summed E-state index contributed by atoms with van der Waals surface area (Å²) in [6.45, 7) is 8.70. The Balaban J connectivity index is 1.98. The SMILES string of the molecule is COc1cccc(C(=O)Nc2sc3c(c2C#N)CC(C)(C)[NH2+]C3(C)C)c1. The number of nitrogens with zero attached hydrogens (tertiary/aromatic N) is 1. The molecule has 2 aromatic rings. The number of thiophene rings is 1. The number of hydrogen-bond acceptors (Lipinski definition) is 4. The third-order valence-electron chi connectivity index (χ3n) is 4.65. The Bertz CT molecular complexity index is 906. The molecule has 136 valence electrons. The van der Waals surface area contributed by atoms with Gasteiger partial charge in [-0.3, -0.25) is 4.79 Å². The van der Waals surface area contributed by atoms with Crippen molar-refractivity contribution in [2.75, 3.05) is 12.4 Å². The van der Waals surface area contributed by atoms with E-state index in [2.05, 4.69) is 44.4 Å². The zero-order valence-corrected chi connectivity index (χ0v) is 16.6. The lowest BCUT2D eigenvalue weighted by Gasteiger charge is -2.38. The second kappa shape index (κ2) is 6.42. The van der Waals surface area contributed by atoms with Gasteiger partial charge in [0, 0.05) is 12.0 Å². The van der Waals surface area contributed by atoms with Gasteiger partial charge in [0.15, 0.2) is 0 Å². The van der Waals surface area contributed by atoms with Crippen molar-refractivity contribution in [3.8, 4) is 11.8 Å². The van der Waals surface area contributed by atoms with E-state index in [0.717, 1.165) is 16.9 Å². The molecule has 0 atom stereocenters. The summed E-state index contributed by atoms with van der Waals surface area (Å²) in [5, 5.41) is 15.7. The minimum atomic E-state index is -0.236. The highest BCUT2D eigenvalue weighted by molar-refractivity contribution is 7.16. The zero-order valence-electron chi connectivity index (χ0n) is 15.8. The number of nitrogens with two attached hydrogens (primary N) is 1. The van der Waals surface area contributed by atoms with E-state index in [0.29, 0.717) is 21.9 Å². The van der Waals surface area contributed by atoms with Crippen LogP contribution in [-0.4, -0.2) is 18.6 Å². The maximum atomic E-state index is 12.7. The van der Waals surface area contributed by atoms with Gasteiger partial charge in [-0.15, -0.1) is 11.3 Å². The number of quaternary nitrogens is 1. The van der Waals surface area contributed by atoms with Crippen LogP contribution in [0.4, 0.5) is 5.00 Å². The van der Waals surface area contributed by atoms with Crippen LogP contribution in [0.5, 0.6) is 5.75 Å². The molecule has 6 heteroatoms. The van der Waals surface area contributed by atoms with Gasteiger partial charge in [0.25, 0.3) is 5.91 Å². The van der Waals surface area contributed by atoms with E-state index in [1.54, 1.807) is 31.4 Å². The molecular weight excluding hydrogens is 346 g/mol. The molecule has 1 aliphatic heterocycles. The smallest absolute Gasteiger partial charge is 0.256 e. The van der Waals surface area contributed by atoms with E-state index in [9.17, 15) is 10.1 Å². The number of nitrogens with one attached hydrogen (secondary N) is 1. The molecule has 1 aromatic carbocycles. The lowest BCUT2D eigenvalue weighted by Crippen LogP contribution is -3.03. The molecule has 0 fully saturated rings. The highest BCUT2D eigenvalue weighted by atomic mass is 32.1. The lowest BCUT2D eigenvalue weighted by molar-refractivity contribution is -0.789. The minimum absolute atomic E-state index is 0.0112. The summed E-state index contributed by atoms with van der Waals surface area (Å²) in [4.78, 5) is 13.8. The Kier molecular flexibility index (Phi) is 4.55. The van der Waals surface area contributed by atoms with E-state index >= 15 is 0 Å². The molecule has 1 aliphatic rings. The van der Waals surface area contributed by atoms with Gasteiger partial charge in [-0.2, -0.15) is 5.26 Å². The van der Waals surface area contributed by atoms with Crippen molar-refractivity contribution in [2.24, 2.45) is 0 Å². The van der Waals surface area contributed by atoms with Gasteiger partial charge < -0.3 is 15.4 Å². The molecule has 2 heterocycles. The Morgan fingerprint density at radius 1 is 1.35 bits per heavy atom. The van der Waals surface area contributed by atoms with E-state index < -0.39 is 0 Å². The molecule has 0 spiro atoms. The number of carbonyl (C=O) groups excluding carboxylic acids is 1. The van der Waals surface area contributed by atoms with Gasteiger partial charge in [-0.25, -0.2) is 0 Å². The normalized spacial score (nSPS) is 17.1. The summed E-state index contributed by atoms with van der Waals surface area (Å²) >= 11 is 1.51. The third kappa shape index (κ3) is 3.33. The fourth-order valence-electron chi connectivity index (χ4n) is 3.85. The zero-order chi connectivity index (χ0) is 19.1. The average molecular weight is 370 g/mol. The molecule has 0 saturated heterocycles. The maximum absolute atomic E-state index is 12.7. The molecule has 3 rings (SSSR count). The van der Waals surface area contributed by atoms with Crippen LogP contribution in [0.2, 0.25) is 0 Å². The summed E-state index contributed by atoms with van der Waals surface area (Å²) in [6, 6.07) is 9.31. The van der Waals surface area contributed by atoms with E-state index in [1.807, 2.05) is 0 Å². The molecular formula is C20H24N3O2S+. The summed E-state index contributed by atoms with van der Waals surface area (Å²) in [5.74, 6) is 0.390. The van der Waals surface area contributed by atoms with Crippen LogP contribution in [0.1, 0.15) is 54.1 Å². The van der Waals surface area contributed by atoms with Crippen LogP contribution in [0, 0.1) is 11.3 Å². The van der Waals surface area contributed by atoms with Crippen LogP contribution in [-0.2, 0) is 12.0 Å². The number of amides is 1. The Morgan fingerprint density at radius 2 is 2.08 bits per heavy atom. The monoisotopic (exact) mass is 370 g/mol. The van der Waals surface area contributed by atoms with E-state index in [-0.39, 0.29) is 17.0 Å². The second-order valence-corrected chi connectivity index (χ2v) is 8.96. The van der Waals surface area contributed by atoms with Gasteiger partial charge in [0.1, 0.15) is 22.4 Å². The first-order valence-electron chi connectivity index (χ1n) is 8.55. The molecule has 0 saturated carbocycles. The predicted molar refractivity (Wildman–Crippen MR) is 103 cm³/mol. The van der Waals surface area contributed by atoms with Crippen LogP contribution >= 0.6 is 11.3 Å². The Hall–Kier alpha value is -2.36. The quantitative estimate of drug-likeness (QED) is 0.872. The summed E-state index contributed by atoms with van der Waals surface area (Å²) in [7, 11) is 1.57. The van der Waals surface area contributed by atoms with Gasteiger partial charge in [-0.1, -0.05) is 6.07 Å². The first kappa shape index (κ1) is 18.4. The highest BCUT2D eigenvalue weighted by Gasteiger charge is 2.44. The predicted octanol–water partition coefficient (Wildman–Crippen LogP) is 3.01. The molecule has 0 unspecified atom stereocenters. The number of methoxy groups -OCH3 is 1. The van der Waals surface area contributed by atoms with Crippen molar-refractivity contribution >= 4 is 22.2 Å². The van der Waals surface area contributed by atoms with Crippen molar-refractivity contribution in [1.29, 1.82) is 5.26 Å². The molecule has 5 nitrogen and oxygen atoms in total. The largest absolute Gasteiger partial charge is 0.497 e. The standard InChI is InChI=1S/C20H23N3O2S/c1-19(2)10-14-15(11-21)18(26-16(14)20(3,4)23-19)22-17(24)12-7-6-8-13(9-12)25-5/h6-9,23H,10H2,1-5H3,(H,22,24)/p+1. The molecule has 0 aliphatic carbocycles. The molecule has 0 radical (unpaired) electrons. The number of carbonyl (C=O) groups is 1. The Morgan fingerprint density at radius 3 is 2.73 bits per heavy atom. The van der Waals surface area contributed by atoms with Crippen LogP contribution in [0.15, 0.2) is 24.3 Å². The van der Waals surface area contributed by atoms with Gasteiger partial charge in [0.05, 0.1) is 23.1 Å². The molecule has 1 amide bonds. The fraction of sp³-hybridized carbons (Fsp3) is 0.400. The Labute approximate surface area is 158 Å². The average Bonchev–Trinajstić information content (AvgIpc) is 2.90. The van der Waals surface area contributed by atoms with Crippen LogP contribution in [0.25, 0.3) is 0 Å². The number of anilines is 1. The first-order chi connectivity index (χ1) is 12.2. The van der Waals surface area contributed by atoms with Crippen molar-refractivity contribution in [3.63, 3.8) is 0 Å². The van der Waals surface area contributed by atoms with Gasteiger partial charge in [0.2, 0.25) is 0 Å². The number of ether oxygens (including phenoxy) is 1. The van der Waals surface area contributed by atoms with Crippen molar-refractivity contribution in [1.82, 2.24) is 0 Å². The topological polar surface area (TPSA) is 78.7 Å². The number of fused-ring (bicyclic) bond motifs is 1. The van der Waals surface area contributed by atoms with Crippen molar-refractivity contribution < 1.29 is 14.8 Å². The van der Waals surface area contributed by atoms with Crippen LogP contribution in [0.3, 0.4) is 0 Å². The molecule has 0 bridgehead atoms. The van der Waals surface area contributed by atoms with Gasteiger partial charge >= 0.3 is 0 Å². The maximum Gasteiger partial charge on any atom is 0.256 e. The number of hydrogen-bond donors (Lipinski definition) is 2. The number of benzene rings is 1. The van der Waals surface area contributed by atoms with E-state index in [4.69, 9.17) is 4.74 Å². The van der Waals surface area contributed by atoms with E-state index in [1.165, 1.54) is 11.3 Å². The third-order valence-corrected chi connectivity index (χ3v) is 6.13.